The van der Waals surface area contributed by atoms with Gasteiger partial charge in [-0.25, -0.2) is 4.79 Å². The average Bonchev–Trinajstić information content (AvgIpc) is 3.64. The number of carbonyl (C=O) groups excluding carboxylic acids is 3. The lowest BCUT2D eigenvalue weighted by Crippen LogP contribution is -2.42. The van der Waals surface area contributed by atoms with Gasteiger partial charge in [-0.3, -0.25) is 9.59 Å². The van der Waals surface area contributed by atoms with Crippen LogP contribution in [-0.2, 0) is 14.3 Å². The van der Waals surface area contributed by atoms with Crippen LogP contribution in [0, 0.1) is 5.41 Å². The number of ketones is 1. The first kappa shape index (κ1) is 23.1. The van der Waals surface area contributed by atoms with Crippen LogP contribution >= 0.6 is 0 Å². The molecule has 5 rings (SSSR count). The van der Waals surface area contributed by atoms with Gasteiger partial charge in [-0.1, -0.05) is 38.1 Å². The number of methoxy groups -OCH3 is 1. The Bertz CT molecular complexity index is 1210. The first-order valence-corrected chi connectivity index (χ1v) is 12.1. The number of allylic oxidation sites excluding steroid dienone is 1. The van der Waals surface area contributed by atoms with Gasteiger partial charge >= 0.3 is 5.97 Å². The van der Waals surface area contributed by atoms with Gasteiger partial charge in [-0.2, -0.15) is 0 Å². The highest BCUT2D eigenvalue weighted by Gasteiger charge is 2.42. The van der Waals surface area contributed by atoms with Gasteiger partial charge in [-0.15, -0.1) is 0 Å². The van der Waals surface area contributed by atoms with Crippen molar-refractivity contribution in [2.24, 2.45) is 5.41 Å². The van der Waals surface area contributed by atoms with Crippen molar-refractivity contribution in [2.45, 2.75) is 51.6 Å². The number of fused-ring (bicyclic) bond motifs is 1. The maximum absolute atomic E-state index is 13.7. The van der Waals surface area contributed by atoms with Crippen LogP contribution in [0.1, 0.15) is 61.5 Å². The summed E-state index contributed by atoms with van der Waals surface area (Å²) in [5.74, 6) is -0.405. The van der Waals surface area contributed by atoms with Crippen LogP contribution in [-0.4, -0.2) is 37.4 Å². The number of nitrogens with one attached hydrogen (secondary N) is 2. The predicted molar refractivity (Wildman–Crippen MR) is 134 cm³/mol. The molecule has 1 fully saturated rings. The van der Waals surface area contributed by atoms with Gasteiger partial charge in [0.05, 0.1) is 36.6 Å². The number of anilines is 2. The maximum atomic E-state index is 13.7. The summed E-state index contributed by atoms with van der Waals surface area (Å²) < 4.78 is 4.85. The van der Waals surface area contributed by atoms with Crippen LogP contribution in [0.4, 0.5) is 11.4 Å². The molecule has 1 atom stereocenters. The van der Waals surface area contributed by atoms with E-state index in [0.717, 1.165) is 41.9 Å². The third kappa shape index (κ3) is 4.67. The van der Waals surface area contributed by atoms with Crippen molar-refractivity contribution < 1.29 is 19.1 Å². The lowest BCUT2D eigenvalue weighted by Gasteiger charge is -2.38. The molecule has 3 aliphatic rings. The van der Waals surface area contributed by atoms with Crippen LogP contribution in [0.5, 0.6) is 0 Å². The molecule has 2 N–H and O–H groups in total. The largest absolute Gasteiger partial charge is 0.465 e. The van der Waals surface area contributed by atoms with Crippen LogP contribution in [0.25, 0.3) is 0 Å². The summed E-state index contributed by atoms with van der Waals surface area (Å²) in [6.07, 6.45) is 3.17. The SMILES string of the molecule is COC(=O)c1ccc(C2C3=C(CC(C)(C)CC3=O)Nc3ccccc3N2CC(=O)NC2CC2)cc1. The quantitative estimate of drug-likeness (QED) is 0.627. The third-order valence-corrected chi connectivity index (χ3v) is 6.91. The molecule has 2 aromatic rings. The van der Waals surface area contributed by atoms with Crippen molar-refractivity contribution in [1.82, 2.24) is 5.32 Å². The fourth-order valence-corrected chi connectivity index (χ4v) is 5.15. The molecule has 0 aromatic heterocycles. The van der Waals surface area contributed by atoms with Crippen molar-refractivity contribution in [3.05, 3.63) is 70.9 Å². The topological polar surface area (TPSA) is 87.7 Å². The molecule has 182 valence electrons. The Balaban J connectivity index is 1.65. The van der Waals surface area contributed by atoms with Crippen LogP contribution in [0.2, 0.25) is 0 Å². The summed E-state index contributed by atoms with van der Waals surface area (Å²) in [4.78, 5) is 40.8. The Morgan fingerprint density at radius 3 is 2.49 bits per heavy atom. The summed E-state index contributed by atoms with van der Waals surface area (Å²) in [5.41, 5.74) is 4.42. The van der Waals surface area contributed by atoms with Gasteiger partial charge in [0.25, 0.3) is 0 Å². The molecule has 1 saturated carbocycles. The van der Waals surface area contributed by atoms with Gasteiger partial charge in [0.1, 0.15) is 0 Å². The second-order valence-electron chi connectivity index (χ2n) is 10.5. The number of ether oxygens (including phenoxy) is 1. The smallest absolute Gasteiger partial charge is 0.337 e. The second-order valence-corrected chi connectivity index (χ2v) is 10.5. The van der Waals surface area contributed by atoms with E-state index in [9.17, 15) is 14.4 Å². The molecule has 1 amide bonds. The van der Waals surface area contributed by atoms with Crippen LogP contribution in [0.15, 0.2) is 59.8 Å². The highest BCUT2D eigenvalue weighted by Crippen LogP contribution is 2.48. The van der Waals surface area contributed by atoms with Gasteiger partial charge in [0.15, 0.2) is 5.78 Å². The Kier molecular flexibility index (Phi) is 5.87. The summed E-state index contributed by atoms with van der Waals surface area (Å²) >= 11 is 0. The molecular weight excluding hydrogens is 442 g/mol. The molecule has 0 saturated heterocycles. The molecule has 7 heteroatoms. The second kappa shape index (κ2) is 8.87. The molecule has 35 heavy (non-hydrogen) atoms. The zero-order valence-corrected chi connectivity index (χ0v) is 20.4. The molecule has 1 unspecified atom stereocenters. The van der Waals surface area contributed by atoms with Crippen molar-refractivity contribution in [2.75, 3.05) is 23.9 Å². The van der Waals surface area contributed by atoms with E-state index in [1.54, 1.807) is 12.1 Å². The fraction of sp³-hybridized carbons (Fsp3) is 0.393. The maximum Gasteiger partial charge on any atom is 0.337 e. The molecule has 2 aromatic carbocycles. The first-order valence-electron chi connectivity index (χ1n) is 12.1. The molecule has 1 heterocycles. The number of Topliss-reactive ketones (excluding diaryl/α,β-unsaturated/α-hetero) is 1. The number of nitrogens with zero attached hydrogens (tertiary/aromatic N) is 1. The Morgan fingerprint density at radius 1 is 1.09 bits per heavy atom. The van der Waals surface area contributed by atoms with E-state index >= 15 is 0 Å². The van der Waals surface area contributed by atoms with E-state index in [4.69, 9.17) is 4.74 Å². The highest BCUT2D eigenvalue weighted by atomic mass is 16.5. The van der Waals surface area contributed by atoms with Gasteiger partial charge in [0, 0.05) is 23.7 Å². The van der Waals surface area contributed by atoms with E-state index in [2.05, 4.69) is 24.5 Å². The normalized spacial score (nSPS) is 20.8. The number of benzene rings is 2. The zero-order valence-electron chi connectivity index (χ0n) is 20.4. The number of esters is 1. The molecule has 1 aliphatic heterocycles. The van der Waals surface area contributed by atoms with Gasteiger partial charge in [0.2, 0.25) is 5.91 Å². The molecule has 7 nitrogen and oxygen atoms in total. The number of hydrogen-bond donors (Lipinski definition) is 2. The zero-order chi connectivity index (χ0) is 24.7. The minimum absolute atomic E-state index is 0.0638. The number of carbonyl (C=O) groups is 3. The molecular formula is C28H31N3O4. The van der Waals surface area contributed by atoms with Crippen molar-refractivity contribution in [3.8, 4) is 0 Å². The minimum Gasteiger partial charge on any atom is -0.465 e. The van der Waals surface area contributed by atoms with E-state index < -0.39 is 12.0 Å². The summed E-state index contributed by atoms with van der Waals surface area (Å²) in [5, 5.41) is 6.64. The van der Waals surface area contributed by atoms with E-state index in [1.807, 2.05) is 41.3 Å². The number of para-hydroxylation sites is 2. The summed E-state index contributed by atoms with van der Waals surface area (Å²) in [6.45, 7) is 4.33. The first-order chi connectivity index (χ1) is 16.8. The van der Waals surface area contributed by atoms with E-state index in [-0.39, 0.29) is 29.7 Å². The van der Waals surface area contributed by atoms with Gasteiger partial charge in [-0.05, 0) is 54.5 Å². The standard InChI is InChI=1S/C28H31N3O4/c1-28(2)14-21-25(23(32)15-28)26(17-8-10-18(11-9-17)27(34)35-3)31(16-24(33)29-19-12-13-19)22-7-5-4-6-20(22)30-21/h4-11,19,26,30H,12-16H2,1-3H3,(H,29,33). The molecule has 2 aliphatic carbocycles. The monoisotopic (exact) mass is 473 g/mol. The number of rotatable bonds is 5. The third-order valence-electron chi connectivity index (χ3n) is 6.91. The van der Waals surface area contributed by atoms with Gasteiger partial charge < -0.3 is 20.3 Å². The average molecular weight is 474 g/mol. The van der Waals surface area contributed by atoms with E-state index in [0.29, 0.717) is 17.6 Å². The van der Waals surface area contributed by atoms with Crippen molar-refractivity contribution in [3.63, 3.8) is 0 Å². The van der Waals surface area contributed by atoms with Crippen LogP contribution < -0.4 is 15.5 Å². The number of amides is 1. The lowest BCUT2D eigenvalue weighted by molar-refractivity contribution is -0.120. The predicted octanol–water partition coefficient (Wildman–Crippen LogP) is 4.37. The molecule has 0 radical (unpaired) electrons. The Hall–Kier alpha value is -3.61. The highest BCUT2D eigenvalue weighted by molar-refractivity contribution is 6.02. The Morgan fingerprint density at radius 2 is 1.80 bits per heavy atom. The summed E-state index contributed by atoms with van der Waals surface area (Å²) in [6, 6.07) is 14.8. The van der Waals surface area contributed by atoms with Crippen molar-refractivity contribution in [1.29, 1.82) is 0 Å². The fourth-order valence-electron chi connectivity index (χ4n) is 5.15. The van der Waals surface area contributed by atoms with Crippen molar-refractivity contribution >= 4 is 29.0 Å². The lowest BCUT2D eigenvalue weighted by atomic mass is 9.73. The number of hydrogen-bond acceptors (Lipinski definition) is 6. The molecule has 0 spiro atoms. The Labute approximate surface area is 205 Å². The van der Waals surface area contributed by atoms with Crippen LogP contribution in [0.3, 0.4) is 0 Å². The van der Waals surface area contributed by atoms with E-state index in [1.165, 1.54) is 7.11 Å². The summed E-state index contributed by atoms with van der Waals surface area (Å²) in [7, 11) is 1.35. The minimum atomic E-state index is -0.471. The molecule has 0 bridgehead atoms.